The Morgan fingerprint density at radius 1 is 1.61 bits per heavy atom. The predicted molar refractivity (Wildman–Crippen MR) is 74.6 cm³/mol. The molecule has 1 fully saturated rings. The van der Waals surface area contributed by atoms with Gasteiger partial charge in [0.2, 0.25) is 5.91 Å². The number of amides is 1. The summed E-state index contributed by atoms with van der Waals surface area (Å²) in [4.78, 5) is 15.9. The van der Waals surface area contributed by atoms with Crippen LogP contribution in [0.3, 0.4) is 0 Å². The number of aryl methyl sites for hydroxylation is 2. The van der Waals surface area contributed by atoms with Crippen molar-refractivity contribution >= 4 is 28.8 Å². The van der Waals surface area contributed by atoms with Crippen LogP contribution in [0.1, 0.15) is 23.4 Å². The van der Waals surface area contributed by atoms with Crippen LogP contribution in [0, 0.1) is 13.8 Å². The third-order valence-corrected chi connectivity index (χ3v) is 3.12. The smallest absolute Gasteiger partial charge is 0.222 e. The fourth-order valence-electron chi connectivity index (χ4n) is 2.18. The summed E-state index contributed by atoms with van der Waals surface area (Å²) in [6.07, 6.45) is 0.469. The Hall–Kier alpha value is -1.69. The van der Waals surface area contributed by atoms with Gasteiger partial charge in [0.1, 0.15) is 4.99 Å². The maximum Gasteiger partial charge on any atom is 0.222 e. The standard InChI is InChI=1S/C12H16N4OS/c1-6-3-9(11(12(13)18)7(2)15-6)16-8-4-10(17)14-5-8/h3,8H,4-5H2,1-2H3,(H2,13,18)(H,14,17)(H,15,16). The first-order valence-electron chi connectivity index (χ1n) is 5.78. The zero-order valence-electron chi connectivity index (χ0n) is 10.4. The number of carbonyl (C=O) groups excluding carboxylic acids is 1. The number of thiocarbonyl (C=S) groups is 1. The molecular weight excluding hydrogens is 248 g/mol. The number of nitrogens with zero attached hydrogens (tertiary/aromatic N) is 1. The average Bonchev–Trinajstić information content (AvgIpc) is 2.62. The highest BCUT2D eigenvalue weighted by molar-refractivity contribution is 7.80. The van der Waals surface area contributed by atoms with E-state index in [1.54, 1.807) is 0 Å². The molecule has 18 heavy (non-hydrogen) atoms. The highest BCUT2D eigenvalue weighted by Gasteiger charge is 2.22. The third kappa shape index (κ3) is 2.59. The van der Waals surface area contributed by atoms with Crippen molar-refractivity contribution in [1.82, 2.24) is 10.3 Å². The van der Waals surface area contributed by atoms with Crippen molar-refractivity contribution in [2.45, 2.75) is 26.3 Å². The Bertz CT molecular complexity index is 515. The molecule has 1 aliphatic rings. The van der Waals surface area contributed by atoms with Gasteiger partial charge in [-0.25, -0.2) is 0 Å². The molecule has 0 spiro atoms. The van der Waals surface area contributed by atoms with E-state index in [4.69, 9.17) is 18.0 Å². The van der Waals surface area contributed by atoms with E-state index in [9.17, 15) is 4.79 Å². The number of hydrogen-bond donors (Lipinski definition) is 3. The predicted octanol–water partition coefficient (Wildman–Crippen LogP) is 0.633. The van der Waals surface area contributed by atoms with Crippen LogP contribution < -0.4 is 16.4 Å². The van der Waals surface area contributed by atoms with Crippen LogP contribution in [0.5, 0.6) is 0 Å². The van der Waals surface area contributed by atoms with E-state index >= 15 is 0 Å². The Kier molecular flexibility index (Phi) is 3.47. The molecule has 0 aliphatic carbocycles. The molecule has 0 saturated carbocycles. The summed E-state index contributed by atoms with van der Waals surface area (Å²) in [5, 5.41) is 6.10. The molecular formula is C12H16N4OS. The van der Waals surface area contributed by atoms with E-state index in [2.05, 4.69) is 15.6 Å². The zero-order valence-corrected chi connectivity index (χ0v) is 11.2. The quantitative estimate of drug-likeness (QED) is 0.698. The minimum atomic E-state index is 0.0619. The molecule has 2 heterocycles. The first kappa shape index (κ1) is 12.8. The van der Waals surface area contributed by atoms with Gasteiger partial charge in [-0.3, -0.25) is 9.78 Å². The second-order valence-corrected chi connectivity index (χ2v) is 4.93. The molecule has 1 unspecified atom stereocenters. The lowest BCUT2D eigenvalue weighted by Gasteiger charge is -2.17. The third-order valence-electron chi connectivity index (χ3n) is 2.91. The van der Waals surface area contributed by atoms with Gasteiger partial charge in [-0.15, -0.1) is 0 Å². The van der Waals surface area contributed by atoms with E-state index < -0.39 is 0 Å². The Labute approximate surface area is 111 Å². The molecule has 4 N–H and O–H groups in total. The fourth-order valence-corrected chi connectivity index (χ4v) is 2.44. The van der Waals surface area contributed by atoms with Crippen LogP contribution >= 0.6 is 12.2 Å². The number of carbonyl (C=O) groups is 1. The van der Waals surface area contributed by atoms with E-state index in [1.165, 1.54) is 0 Å². The van der Waals surface area contributed by atoms with Crippen LogP contribution in [0.4, 0.5) is 5.69 Å². The van der Waals surface area contributed by atoms with Crippen molar-refractivity contribution in [1.29, 1.82) is 0 Å². The van der Waals surface area contributed by atoms with Crippen molar-refractivity contribution in [2.24, 2.45) is 5.73 Å². The Morgan fingerprint density at radius 2 is 2.33 bits per heavy atom. The number of nitrogens with one attached hydrogen (secondary N) is 2. The minimum Gasteiger partial charge on any atom is -0.389 e. The van der Waals surface area contributed by atoms with Gasteiger partial charge in [-0.05, 0) is 19.9 Å². The van der Waals surface area contributed by atoms with Gasteiger partial charge >= 0.3 is 0 Å². The molecule has 1 aromatic rings. The number of rotatable bonds is 3. The first-order valence-corrected chi connectivity index (χ1v) is 6.19. The van der Waals surface area contributed by atoms with E-state index in [0.29, 0.717) is 18.0 Å². The molecule has 0 aromatic carbocycles. The molecule has 1 aliphatic heterocycles. The zero-order chi connectivity index (χ0) is 13.3. The molecule has 5 nitrogen and oxygen atoms in total. The van der Waals surface area contributed by atoms with Gasteiger partial charge in [0.05, 0.1) is 11.6 Å². The second-order valence-electron chi connectivity index (χ2n) is 4.49. The summed E-state index contributed by atoms with van der Waals surface area (Å²) in [6, 6.07) is 1.98. The van der Waals surface area contributed by atoms with Gasteiger partial charge in [-0.1, -0.05) is 12.2 Å². The molecule has 96 valence electrons. The summed E-state index contributed by atoms with van der Waals surface area (Å²) >= 11 is 5.06. The number of aromatic nitrogens is 1. The fraction of sp³-hybridized carbons (Fsp3) is 0.417. The van der Waals surface area contributed by atoms with Gasteiger partial charge in [0.25, 0.3) is 0 Å². The van der Waals surface area contributed by atoms with Crippen molar-refractivity contribution < 1.29 is 4.79 Å². The highest BCUT2D eigenvalue weighted by atomic mass is 32.1. The second kappa shape index (κ2) is 4.89. The molecule has 1 saturated heterocycles. The maximum absolute atomic E-state index is 11.2. The lowest BCUT2D eigenvalue weighted by Crippen LogP contribution is -2.25. The van der Waals surface area contributed by atoms with Crippen LogP contribution in [0.15, 0.2) is 6.07 Å². The van der Waals surface area contributed by atoms with Gasteiger partial charge in [0.15, 0.2) is 0 Å². The van der Waals surface area contributed by atoms with Crippen molar-refractivity contribution in [2.75, 3.05) is 11.9 Å². The molecule has 1 atom stereocenters. The molecule has 2 rings (SSSR count). The van der Waals surface area contributed by atoms with Crippen LogP contribution in [0.25, 0.3) is 0 Å². The Morgan fingerprint density at radius 3 is 2.89 bits per heavy atom. The number of nitrogens with two attached hydrogens (primary N) is 1. The van der Waals surface area contributed by atoms with E-state index in [0.717, 1.165) is 22.6 Å². The molecule has 0 bridgehead atoms. The first-order chi connectivity index (χ1) is 8.47. The molecule has 1 aromatic heterocycles. The lowest BCUT2D eigenvalue weighted by atomic mass is 10.1. The van der Waals surface area contributed by atoms with Gasteiger partial charge in [0, 0.05) is 30.0 Å². The van der Waals surface area contributed by atoms with Gasteiger partial charge in [-0.2, -0.15) is 0 Å². The van der Waals surface area contributed by atoms with Crippen LogP contribution in [0.2, 0.25) is 0 Å². The number of anilines is 1. The molecule has 0 radical (unpaired) electrons. The molecule has 6 heteroatoms. The van der Waals surface area contributed by atoms with E-state index in [1.807, 2.05) is 19.9 Å². The highest BCUT2D eigenvalue weighted by Crippen LogP contribution is 2.21. The number of hydrogen-bond acceptors (Lipinski definition) is 4. The van der Waals surface area contributed by atoms with Crippen LogP contribution in [-0.4, -0.2) is 28.5 Å². The minimum absolute atomic E-state index is 0.0619. The normalized spacial score (nSPS) is 18.6. The monoisotopic (exact) mass is 264 g/mol. The summed E-state index contributed by atoms with van der Waals surface area (Å²) in [7, 11) is 0. The topological polar surface area (TPSA) is 80.0 Å². The average molecular weight is 264 g/mol. The summed E-state index contributed by atoms with van der Waals surface area (Å²) < 4.78 is 0. The maximum atomic E-state index is 11.2. The molecule has 1 amide bonds. The van der Waals surface area contributed by atoms with Gasteiger partial charge < -0.3 is 16.4 Å². The summed E-state index contributed by atoms with van der Waals surface area (Å²) in [5.74, 6) is 0.0619. The summed E-state index contributed by atoms with van der Waals surface area (Å²) in [5.41, 5.74) is 9.05. The van der Waals surface area contributed by atoms with Crippen LogP contribution in [-0.2, 0) is 4.79 Å². The van der Waals surface area contributed by atoms with Crippen molar-refractivity contribution in [3.05, 3.63) is 23.0 Å². The largest absolute Gasteiger partial charge is 0.389 e. The van der Waals surface area contributed by atoms with E-state index in [-0.39, 0.29) is 11.9 Å². The summed E-state index contributed by atoms with van der Waals surface area (Å²) in [6.45, 7) is 4.42. The lowest BCUT2D eigenvalue weighted by molar-refractivity contribution is -0.119. The SMILES string of the molecule is Cc1cc(NC2CNC(=O)C2)c(C(N)=S)c(C)n1. The van der Waals surface area contributed by atoms with Crippen molar-refractivity contribution in [3.63, 3.8) is 0 Å². The Balaban J connectivity index is 2.31. The van der Waals surface area contributed by atoms with Crippen molar-refractivity contribution in [3.8, 4) is 0 Å². The number of pyridine rings is 1.